The van der Waals surface area contributed by atoms with Crippen LogP contribution < -0.4 is 5.56 Å². The maximum Gasteiger partial charge on any atom is 0.264 e. The number of rotatable bonds is 2. The van der Waals surface area contributed by atoms with Crippen LogP contribution in [0, 0.1) is 6.92 Å². The van der Waals surface area contributed by atoms with Gasteiger partial charge in [-0.3, -0.25) is 14.6 Å². The molecule has 0 spiro atoms. The van der Waals surface area contributed by atoms with Crippen molar-refractivity contribution in [2.45, 2.75) is 25.7 Å². The van der Waals surface area contributed by atoms with Gasteiger partial charge in [0, 0.05) is 12.3 Å². The van der Waals surface area contributed by atoms with Crippen LogP contribution in [-0.4, -0.2) is 34.8 Å². The van der Waals surface area contributed by atoms with E-state index < -0.39 is 0 Å². The molecular weight excluding hydrogens is 250 g/mol. The number of hydrogen-bond acceptors (Lipinski definition) is 2. The molecule has 0 unspecified atom stereocenters. The summed E-state index contributed by atoms with van der Waals surface area (Å²) in [7, 11) is 2.19. The SMILES string of the molecule is Cc1cc(C2CCN(C)CC2)ccc1-n1ccc(=O)[nH]1. The van der Waals surface area contributed by atoms with E-state index in [2.05, 4.69) is 42.2 Å². The van der Waals surface area contributed by atoms with Crippen molar-refractivity contribution in [3.63, 3.8) is 0 Å². The molecule has 0 amide bonds. The summed E-state index contributed by atoms with van der Waals surface area (Å²) in [5.74, 6) is 0.669. The van der Waals surface area contributed by atoms with E-state index in [0.717, 1.165) is 5.69 Å². The lowest BCUT2D eigenvalue weighted by Gasteiger charge is -2.29. The molecule has 0 radical (unpaired) electrons. The molecule has 2 heterocycles. The van der Waals surface area contributed by atoms with E-state index in [-0.39, 0.29) is 5.56 Å². The molecular formula is C16H21N3O. The minimum Gasteiger partial charge on any atom is -0.306 e. The van der Waals surface area contributed by atoms with Crippen molar-refractivity contribution >= 4 is 0 Å². The monoisotopic (exact) mass is 271 g/mol. The standard InChI is InChI=1S/C16H21N3O/c1-12-11-14(13-5-8-18(2)9-6-13)3-4-15(12)19-10-7-16(20)17-19/h3-4,7,10-11,13H,5-6,8-9H2,1-2H3,(H,17,20). The first-order valence-corrected chi connectivity index (χ1v) is 7.20. The predicted molar refractivity (Wildman–Crippen MR) is 80.6 cm³/mol. The minimum absolute atomic E-state index is 0.0659. The molecule has 1 aliphatic heterocycles. The number of benzene rings is 1. The smallest absolute Gasteiger partial charge is 0.264 e. The molecule has 0 saturated carbocycles. The van der Waals surface area contributed by atoms with Gasteiger partial charge >= 0.3 is 0 Å². The van der Waals surface area contributed by atoms with Crippen LogP contribution in [0.4, 0.5) is 0 Å². The van der Waals surface area contributed by atoms with Gasteiger partial charge in [0.1, 0.15) is 0 Å². The van der Waals surface area contributed by atoms with Crippen molar-refractivity contribution in [3.05, 3.63) is 51.9 Å². The first kappa shape index (κ1) is 13.2. The number of H-pyrrole nitrogens is 1. The van der Waals surface area contributed by atoms with Crippen LogP contribution in [0.3, 0.4) is 0 Å². The molecule has 0 aliphatic carbocycles. The van der Waals surface area contributed by atoms with Gasteiger partial charge < -0.3 is 4.90 Å². The molecule has 1 N–H and O–H groups in total. The second kappa shape index (κ2) is 5.29. The molecule has 20 heavy (non-hydrogen) atoms. The topological polar surface area (TPSA) is 41.0 Å². The van der Waals surface area contributed by atoms with E-state index in [1.54, 1.807) is 16.9 Å². The van der Waals surface area contributed by atoms with Gasteiger partial charge in [0.15, 0.2) is 0 Å². The van der Waals surface area contributed by atoms with Gasteiger partial charge in [-0.15, -0.1) is 0 Å². The molecule has 1 aromatic heterocycles. The highest BCUT2D eigenvalue weighted by atomic mass is 16.1. The Hall–Kier alpha value is -1.81. The number of nitrogens with one attached hydrogen (secondary N) is 1. The van der Waals surface area contributed by atoms with Crippen molar-refractivity contribution in [1.82, 2.24) is 14.7 Å². The molecule has 1 aromatic carbocycles. The summed E-state index contributed by atoms with van der Waals surface area (Å²) in [6.07, 6.45) is 4.24. The number of nitrogens with zero attached hydrogens (tertiary/aromatic N) is 2. The van der Waals surface area contributed by atoms with Crippen molar-refractivity contribution in [1.29, 1.82) is 0 Å². The third kappa shape index (κ3) is 2.56. The Morgan fingerprint density at radius 3 is 2.55 bits per heavy atom. The maximum absolute atomic E-state index is 11.2. The fourth-order valence-electron chi connectivity index (χ4n) is 3.02. The van der Waals surface area contributed by atoms with E-state index in [0.29, 0.717) is 5.92 Å². The molecule has 1 aliphatic rings. The Morgan fingerprint density at radius 1 is 1.20 bits per heavy atom. The fourth-order valence-corrected chi connectivity index (χ4v) is 3.02. The van der Waals surface area contributed by atoms with E-state index in [1.807, 2.05) is 0 Å². The number of aromatic amines is 1. The van der Waals surface area contributed by atoms with Crippen LogP contribution in [0.15, 0.2) is 35.3 Å². The van der Waals surface area contributed by atoms with Gasteiger partial charge in [-0.05, 0) is 63.0 Å². The zero-order chi connectivity index (χ0) is 14.1. The molecule has 4 nitrogen and oxygen atoms in total. The van der Waals surface area contributed by atoms with Crippen LogP contribution in [0.25, 0.3) is 5.69 Å². The van der Waals surface area contributed by atoms with Crippen molar-refractivity contribution in [3.8, 4) is 5.69 Å². The minimum atomic E-state index is -0.0659. The third-order valence-corrected chi connectivity index (χ3v) is 4.28. The van der Waals surface area contributed by atoms with E-state index >= 15 is 0 Å². The number of piperidine rings is 1. The Morgan fingerprint density at radius 2 is 1.95 bits per heavy atom. The molecule has 0 bridgehead atoms. The van der Waals surface area contributed by atoms with Crippen molar-refractivity contribution in [2.75, 3.05) is 20.1 Å². The lowest BCUT2D eigenvalue weighted by Crippen LogP contribution is -2.29. The second-order valence-electron chi connectivity index (χ2n) is 5.79. The second-order valence-corrected chi connectivity index (χ2v) is 5.79. The molecule has 2 aromatic rings. The molecule has 0 atom stereocenters. The first-order valence-electron chi connectivity index (χ1n) is 7.20. The summed E-state index contributed by atoms with van der Waals surface area (Å²) in [6, 6.07) is 8.13. The normalized spacial score (nSPS) is 17.5. The largest absolute Gasteiger partial charge is 0.306 e. The van der Waals surface area contributed by atoms with Gasteiger partial charge in [0.05, 0.1) is 5.69 Å². The summed E-state index contributed by atoms with van der Waals surface area (Å²) in [6.45, 7) is 4.46. The summed E-state index contributed by atoms with van der Waals surface area (Å²) in [5.41, 5.74) is 3.61. The highest BCUT2D eigenvalue weighted by Gasteiger charge is 2.18. The summed E-state index contributed by atoms with van der Waals surface area (Å²) in [5, 5.41) is 2.79. The Bertz CT molecular complexity index is 648. The molecule has 106 valence electrons. The lowest BCUT2D eigenvalue weighted by atomic mass is 9.88. The van der Waals surface area contributed by atoms with Gasteiger partial charge in [0.2, 0.25) is 0 Å². The maximum atomic E-state index is 11.2. The van der Waals surface area contributed by atoms with E-state index in [4.69, 9.17) is 0 Å². The van der Waals surface area contributed by atoms with Crippen molar-refractivity contribution < 1.29 is 0 Å². The predicted octanol–water partition coefficient (Wildman–Crippen LogP) is 2.28. The van der Waals surface area contributed by atoms with Crippen LogP contribution in [0.2, 0.25) is 0 Å². The summed E-state index contributed by atoms with van der Waals surface area (Å²) >= 11 is 0. The van der Waals surface area contributed by atoms with E-state index in [1.165, 1.54) is 37.1 Å². The van der Waals surface area contributed by atoms with Crippen LogP contribution >= 0.6 is 0 Å². The zero-order valence-electron chi connectivity index (χ0n) is 12.1. The van der Waals surface area contributed by atoms with Crippen LogP contribution in [0.1, 0.15) is 29.9 Å². The number of hydrogen-bond donors (Lipinski definition) is 1. The van der Waals surface area contributed by atoms with E-state index in [9.17, 15) is 4.79 Å². The highest BCUT2D eigenvalue weighted by molar-refractivity contribution is 5.43. The Balaban J connectivity index is 1.86. The molecule has 4 heteroatoms. The third-order valence-electron chi connectivity index (χ3n) is 4.28. The summed E-state index contributed by atoms with van der Waals surface area (Å²) in [4.78, 5) is 13.6. The molecule has 3 rings (SSSR count). The van der Waals surface area contributed by atoms with Gasteiger partial charge in [-0.2, -0.15) is 0 Å². The Labute approximate surface area is 119 Å². The number of aryl methyl sites for hydroxylation is 1. The number of likely N-dealkylation sites (tertiary alicyclic amines) is 1. The van der Waals surface area contributed by atoms with Gasteiger partial charge in [0.25, 0.3) is 5.56 Å². The molecule has 1 saturated heterocycles. The van der Waals surface area contributed by atoms with Crippen LogP contribution in [-0.2, 0) is 0 Å². The molecule has 1 fully saturated rings. The average Bonchev–Trinajstić information content (AvgIpc) is 2.86. The van der Waals surface area contributed by atoms with Crippen LogP contribution in [0.5, 0.6) is 0 Å². The quantitative estimate of drug-likeness (QED) is 0.910. The Kier molecular flexibility index (Phi) is 3.49. The average molecular weight is 271 g/mol. The van der Waals surface area contributed by atoms with Crippen molar-refractivity contribution in [2.24, 2.45) is 0 Å². The lowest BCUT2D eigenvalue weighted by molar-refractivity contribution is 0.255. The highest BCUT2D eigenvalue weighted by Crippen LogP contribution is 2.29. The number of aromatic nitrogens is 2. The zero-order valence-corrected chi connectivity index (χ0v) is 12.1. The van der Waals surface area contributed by atoms with Gasteiger partial charge in [-0.1, -0.05) is 12.1 Å². The summed E-state index contributed by atoms with van der Waals surface area (Å²) < 4.78 is 1.79. The van der Waals surface area contributed by atoms with Gasteiger partial charge in [-0.25, -0.2) is 0 Å². The first-order chi connectivity index (χ1) is 9.63. The fraction of sp³-hybridized carbons (Fsp3) is 0.438.